The van der Waals surface area contributed by atoms with Crippen molar-refractivity contribution in [1.29, 1.82) is 0 Å². The van der Waals surface area contributed by atoms with Crippen LogP contribution in [0.4, 0.5) is 5.69 Å². The quantitative estimate of drug-likeness (QED) is 0.629. The van der Waals surface area contributed by atoms with E-state index in [2.05, 4.69) is 12.2 Å². The summed E-state index contributed by atoms with van der Waals surface area (Å²) in [5, 5.41) is 4.79. The molecule has 0 aliphatic carbocycles. The Morgan fingerprint density at radius 3 is 2.38 bits per heavy atom. The van der Waals surface area contributed by atoms with Gasteiger partial charge in [0.05, 0.1) is 0 Å². The third-order valence-corrected chi connectivity index (χ3v) is 4.11. The lowest BCUT2D eigenvalue weighted by Crippen LogP contribution is -2.12. The highest BCUT2D eigenvalue weighted by molar-refractivity contribution is 8.02. The molecule has 0 spiro atoms. The lowest BCUT2D eigenvalue weighted by molar-refractivity contribution is -0.112. The summed E-state index contributed by atoms with van der Waals surface area (Å²) < 4.78 is 0. The van der Waals surface area contributed by atoms with Crippen LogP contribution in [-0.2, 0) is 11.2 Å². The normalized spacial score (nSPS) is 11.2. The van der Waals surface area contributed by atoms with E-state index in [4.69, 9.17) is 0 Å². The van der Waals surface area contributed by atoms with Crippen LogP contribution in [0.15, 0.2) is 70.5 Å². The van der Waals surface area contributed by atoms with Crippen molar-refractivity contribution in [3.05, 3.63) is 71.1 Å². The third kappa shape index (κ3) is 4.80. The molecule has 1 N–H and O–H groups in total. The van der Waals surface area contributed by atoms with Crippen LogP contribution in [0, 0.1) is 0 Å². The highest BCUT2D eigenvalue weighted by atomic mass is 32.2. The minimum absolute atomic E-state index is 0.0670. The molecule has 2 aromatic carbocycles. The Hall–Kier alpha value is -2.00. The van der Waals surface area contributed by atoms with Gasteiger partial charge >= 0.3 is 0 Å². The summed E-state index contributed by atoms with van der Waals surface area (Å²) in [5.41, 5.74) is 2.79. The molecule has 0 bridgehead atoms. The van der Waals surface area contributed by atoms with Gasteiger partial charge in [-0.05, 0) is 48.6 Å². The number of aryl methyl sites for hydroxylation is 1. The Balaban J connectivity index is 1.95. The number of hydrogen-bond donors (Lipinski definition) is 1. The molecule has 0 radical (unpaired) electrons. The predicted octanol–water partition coefficient (Wildman–Crippen LogP) is 4.88. The van der Waals surface area contributed by atoms with Crippen LogP contribution in [0.3, 0.4) is 0 Å². The number of benzene rings is 2. The van der Waals surface area contributed by atoms with Crippen LogP contribution >= 0.6 is 11.8 Å². The molecule has 0 unspecified atom stereocenters. The first-order valence-corrected chi connectivity index (χ1v) is 7.85. The molecule has 0 fully saturated rings. The second kappa shape index (κ2) is 7.70. The molecule has 1 amide bonds. The second-order valence-electron chi connectivity index (χ2n) is 4.74. The second-order valence-corrected chi connectivity index (χ2v) is 5.68. The maximum atomic E-state index is 12.1. The van der Waals surface area contributed by atoms with Gasteiger partial charge in [0.1, 0.15) is 0 Å². The first kappa shape index (κ1) is 15.4. The number of carbonyl (C=O) groups excluding carboxylic acids is 1. The van der Waals surface area contributed by atoms with Crippen molar-refractivity contribution in [1.82, 2.24) is 0 Å². The highest BCUT2D eigenvalue weighted by Crippen LogP contribution is 2.20. The molecule has 108 valence electrons. The van der Waals surface area contributed by atoms with Gasteiger partial charge in [-0.1, -0.05) is 49.0 Å². The van der Waals surface area contributed by atoms with Crippen LogP contribution in [0.2, 0.25) is 0 Å². The van der Waals surface area contributed by atoms with Crippen LogP contribution in [0.25, 0.3) is 0 Å². The summed E-state index contributed by atoms with van der Waals surface area (Å²) in [5.74, 6) is -0.0670. The molecule has 0 aliphatic heterocycles. The van der Waals surface area contributed by atoms with Gasteiger partial charge in [-0.3, -0.25) is 4.79 Å². The summed E-state index contributed by atoms with van der Waals surface area (Å²) in [4.78, 5) is 13.2. The number of carbonyl (C=O) groups is 1. The van der Waals surface area contributed by atoms with E-state index >= 15 is 0 Å². The minimum Gasteiger partial charge on any atom is -0.322 e. The molecule has 2 aromatic rings. The molecular weight excluding hydrogens is 278 g/mol. The first-order chi connectivity index (χ1) is 10.2. The molecule has 0 saturated carbocycles. The average molecular weight is 297 g/mol. The predicted molar refractivity (Wildman–Crippen MR) is 90.5 cm³/mol. The van der Waals surface area contributed by atoms with Crippen molar-refractivity contribution >= 4 is 23.4 Å². The summed E-state index contributed by atoms with van der Waals surface area (Å²) in [6.45, 7) is 3.94. The standard InChI is InChI=1S/C18H19NOS/c1-3-15-9-11-16(12-10-15)19-18(20)14(2)13-21-17-7-5-4-6-8-17/h4-13H,3H2,1-2H3,(H,19,20)/b14-13+. The maximum Gasteiger partial charge on any atom is 0.251 e. The SMILES string of the molecule is CCc1ccc(NC(=O)/C(C)=C/Sc2ccccc2)cc1. The zero-order valence-corrected chi connectivity index (χ0v) is 13.1. The van der Waals surface area contributed by atoms with Gasteiger partial charge in [0.2, 0.25) is 0 Å². The fourth-order valence-electron chi connectivity index (χ4n) is 1.76. The molecule has 21 heavy (non-hydrogen) atoms. The number of amides is 1. The molecule has 0 heterocycles. The van der Waals surface area contributed by atoms with Crippen LogP contribution in [0.1, 0.15) is 19.4 Å². The van der Waals surface area contributed by atoms with Gasteiger partial charge in [-0.2, -0.15) is 0 Å². The molecule has 0 atom stereocenters. The van der Waals surface area contributed by atoms with Gasteiger partial charge in [0.25, 0.3) is 5.91 Å². The number of anilines is 1. The van der Waals surface area contributed by atoms with Crippen molar-refractivity contribution in [2.75, 3.05) is 5.32 Å². The number of thioether (sulfide) groups is 1. The number of hydrogen-bond acceptors (Lipinski definition) is 2. The molecule has 0 aliphatic rings. The van der Waals surface area contributed by atoms with E-state index in [0.717, 1.165) is 17.0 Å². The van der Waals surface area contributed by atoms with Gasteiger partial charge in [0, 0.05) is 16.2 Å². The van der Waals surface area contributed by atoms with Gasteiger partial charge in [-0.25, -0.2) is 0 Å². The zero-order chi connectivity index (χ0) is 15.1. The fraction of sp³-hybridized carbons (Fsp3) is 0.167. The Bertz CT molecular complexity index is 617. The topological polar surface area (TPSA) is 29.1 Å². The van der Waals surface area contributed by atoms with Crippen molar-refractivity contribution in [2.45, 2.75) is 25.2 Å². The maximum absolute atomic E-state index is 12.1. The fourth-order valence-corrected chi connectivity index (χ4v) is 2.50. The van der Waals surface area contributed by atoms with E-state index in [-0.39, 0.29) is 5.91 Å². The van der Waals surface area contributed by atoms with Gasteiger partial charge in [0.15, 0.2) is 0 Å². The Morgan fingerprint density at radius 2 is 1.76 bits per heavy atom. The average Bonchev–Trinajstić information content (AvgIpc) is 2.54. The summed E-state index contributed by atoms with van der Waals surface area (Å²) >= 11 is 1.55. The van der Waals surface area contributed by atoms with Gasteiger partial charge < -0.3 is 5.32 Å². The molecule has 0 saturated heterocycles. The number of nitrogens with one attached hydrogen (secondary N) is 1. The number of rotatable bonds is 5. The largest absolute Gasteiger partial charge is 0.322 e. The Morgan fingerprint density at radius 1 is 1.10 bits per heavy atom. The van der Waals surface area contributed by atoms with E-state index in [9.17, 15) is 4.79 Å². The minimum atomic E-state index is -0.0670. The van der Waals surface area contributed by atoms with E-state index in [0.29, 0.717) is 5.57 Å². The zero-order valence-electron chi connectivity index (χ0n) is 12.3. The Labute approximate surface area is 130 Å². The molecule has 0 aromatic heterocycles. The Kier molecular flexibility index (Phi) is 5.64. The van der Waals surface area contributed by atoms with Crippen molar-refractivity contribution in [2.24, 2.45) is 0 Å². The molecule has 2 rings (SSSR count). The third-order valence-electron chi connectivity index (χ3n) is 3.09. The van der Waals surface area contributed by atoms with Crippen LogP contribution in [0.5, 0.6) is 0 Å². The van der Waals surface area contributed by atoms with Crippen molar-refractivity contribution in [3.8, 4) is 0 Å². The van der Waals surface area contributed by atoms with Crippen molar-refractivity contribution in [3.63, 3.8) is 0 Å². The van der Waals surface area contributed by atoms with E-state index in [1.54, 1.807) is 11.8 Å². The lowest BCUT2D eigenvalue weighted by atomic mass is 10.1. The van der Waals surface area contributed by atoms with Crippen molar-refractivity contribution < 1.29 is 4.79 Å². The molecule has 3 heteroatoms. The molecule has 2 nitrogen and oxygen atoms in total. The lowest BCUT2D eigenvalue weighted by Gasteiger charge is -2.06. The first-order valence-electron chi connectivity index (χ1n) is 6.98. The van der Waals surface area contributed by atoms with E-state index in [1.165, 1.54) is 5.56 Å². The molecular formula is C18H19NOS. The highest BCUT2D eigenvalue weighted by Gasteiger charge is 2.04. The summed E-state index contributed by atoms with van der Waals surface area (Å²) in [7, 11) is 0. The van der Waals surface area contributed by atoms with Crippen LogP contribution < -0.4 is 5.32 Å². The van der Waals surface area contributed by atoms with E-state index in [1.807, 2.05) is 66.9 Å². The van der Waals surface area contributed by atoms with E-state index < -0.39 is 0 Å². The summed E-state index contributed by atoms with van der Waals surface area (Å²) in [6, 6.07) is 17.9. The monoisotopic (exact) mass is 297 g/mol. The smallest absolute Gasteiger partial charge is 0.251 e. The summed E-state index contributed by atoms with van der Waals surface area (Å²) in [6.07, 6.45) is 1.00. The van der Waals surface area contributed by atoms with Crippen LogP contribution in [-0.4, -0.2) is 5.91 Å². The van der Waals surface area contributed by atoms with Gasteiger partial charge in [-0.15, -0.1) is 0 Å².